The SMILES string of the molecule is Cc1cc(NC(=O)c2ccc(S(=O)(=O)N3CCC[C@H](C)C3)cc2)n(-c2nc3ccccc3s2)n1. The zero-order chi connectivity index (χ0) is 23.9. The molecule has 4 aromatic rings. The van der Waals surface area contributed by atoms with E-state index in [1.165, 1.54) is 27.8 Å². The Morgan fingerprint density at radius 2 is 1.91 bits per heavy atom. The Bertz CT molecular complexity index is 1420. The van der Waals surface area contributed by atoms with Gasteiger partial charge in [0.1, 0.15) is 5.82 Å². The summed E-state index contributed by atoms with van der Waals surface area (Å²) in [5.74, 6) is 0.496. The number of aromatic nitrogens is 3. The van der Waals surface area contributed by atoms with Crippen LogP contribution in [0.25, 0.3) is 15.3 Å². The topological polar surface area (TPSA) is 97.2 Å². The van der Waals surface area contributed by atoms with E-state index in [0.29, 0.717) is 35.5 Å². The number of amides is 1. The van der Waals surface area contributed by atoms with E-state index in [1.54, 1.807) is 22.9 Å². The summed E-state index contributed by atoms with van der Waals surface area (Å²) in [5.41, 5.74) is 1.97. The summed E-state index contributed by atoms with van der Waals surface area (Å²) >= 11 is 1.49. The monoisotopic (exact) mass is 495 g/mol. The van der Waals surface area contributed by atoms with Crippen molar-refractivity contribution >= 4 is 43.3 Å². The summed E-state index contributed by atoms with van der Waals surface area (Å²) in [5, 5.41) is 8.03. The van der Waals surface area contributed by atoms with Gasteiger partial charge in [0, 0.05) is 24.7 Å². The van der Waals surface area contributed by atoms with E-state index >= 15 is 0 Å². The molecular weight excluding hydrogens is 470 g/mol. The summed E-state index contributed by atoms with van der Waals surface area (Å²) in [6.07, 6.45) is 1.90. The average molecular weight is 496 g/mol. The van der Waals surface area contributed by atoms with Crippen molar-refractivity contribution in [1.29, 1.82) is 0 Å². The number of thiazole rings is 1. The van der Waals surface area contributed by atoms with Gasteiger partial charge in [0.15, 0.2) is 0 Å². The standard InChI is InChI=1S/C24H25N5O3S2/c1-16-6-5-13-28(15-16)34(31,32)19-11-9-18(10-12-19)23(30)26-22-14-17(2)27-29(22)24-25-20-7-3-4-8-21(20)33-24/h3-4,7-12,14,16H,5-6,13,15H2,1-2H3,(H,26,30)/t16-/m0/s1. The normalized spacial score (nSPS) is 17.2. The molecule has 2 aromatic carbocycles. The van der Waals surface area contributed by atoms with Crippen LogP contribution in [0.5, 0.6) is 0 Å². The van der Waals surface area contributed by atoms with Gasteiger partial charge in [-0.2, -0.15) is 14.1 Å². The summed E-state index contributed by atoms with van der Waals surface area (Å²) in [6, 6.07) is 15.7. The van der Waals surface area contributed by atoms with Crippen LogP contribution in [0.4, 0.5) is 5.82 Å². The molecule has 1 fully saturated rings. The molecule has 0 radical (unpaired) electrons. The number of fused-ring (bicyclic) bond motifs is 1. The molecule has 176 valence electrons. The van der Waals surface area contributed by atoms with Crippen molar-refractivity contribution in [3.8, 4) is 5.13 Å². The van der Waals surface area contributed by atoms with Gasteiger partial charge in [-0.05, 0) is 62.1 Å². The first-order valence-corrected chi connectivity index (χ1v) is 13.4. The van der Waals surface area contributed by atoms with Gasteiger partial charge >= 0.3 is 0 Å². The predicted molar refractivity (Wildman–Crippen MR) is 133 cm³/mol. The molecule has 1 aliphatic heterocycles. The van der Waals surface area contributed by atoms with Crippen LogP contribution in [0.15, 0.2) is 59.5 Å². The highest BCUT2D eigenvalue weighted by atomic mass is 32.2. The minimum absolute atomic E-state index is 0.202. The van der Waals surface area contributed by atoms with E-state index in [-0.39, 0.29) is 10.8 Å². The number of hydrogen-bond donors (Lipinski definition) is 1. The smallest absolute Gasteiger partial charge is 0.256 e. The number of benzene rings is 2. The zero-order valence-electron chi connectivity index (χ0n) is 18.9. The minimum atomic E-state index is -3.57. The zero-order valence-corrected chi connectivity index (χ0v) is 20.6. The Balaban J connectivity index is 1.36. The van der Waals surface area contributed by atoms with E-state index in [1.807, 2.05) is 31.2 Å². The lowest BCUT2D eigenvalue weighted by Crippen LogP contribution is -2.39. The molecule has 0 unspecified atom stereocenters. The van der Waals surface area contributed by atoms with Crippen LogP contribution < -0.4 is 5.32 Å². The van der Waals surface area contributed by atoms with Gasteiger partial charge in [0.05, 0.1) is 20.8 Å². The predicted octanol–water partition coefficient (Wildman–Crippen LogP) is 4.46. The van der Waals surface area contributed by atoms with E-state index < -0.39 is 10.0 Å². The average Bonchev–Trinajstić information content (AvgIpc) is 3.42. The molecule has 8 nitrogen and oxygen atoms in total. The fourth-order valence-corrected chi connectivity index (χ4v) is 6.69. The maximum Gasteiger partial charge on any atom is 0.256 e. The van der Waals surface area contributed by atoms with Crippen molar-refractivity contribution in [2.75, 3.05) is 18.4 Å². The molecule has 3 heterocycles. The second-order valence-corrected chi connectivity index (χ2v) is 11.6. The van der Waals surface area contributed by atoms with Crippen molar-refractivity contribution < 1.29 is 13.2 Å². The number of nitrogens with zero attached hydrogens (tertiary/aromatic N) is 4. The molecule has 0 spiro atoms. The first-order chi connectivity index (χ1) is 16.3. The maximum absolute atomic E-state index is 13.0. The van der Waals surface area contributed by atoms with Crippen LogP contribution in [-0.4, -0.2) is 46.5 Å². The lowest BCUT2D eigenvalue weighted by molar-refractivity contribution is 0.102. The summed E-state index contributed by atoms with van der Waals surface area (Å²) in [7, 11) is -3.57. The highest BCUT2D eigenvalue weighted by Gasteiger charge is 2.28. The molecule has 1 saturated heterocycles. The third-order valence-electron chi connectivity index (χ3n) is 5.91. The number of piperidine rings is 1. The number of anilines is 1. The second kappa shape index (κ2) is 8.94. The molecule has 1 N–H and O–H groups in total. The van der Waals surface area contributed by atoms with Crippen LogP contribution in [0.1, 0.15) is 35.8 Å². The van der Waals surface area contributed by atoms with Gasteiger partial charge in [-0.25, -0.2) is 13.4 Å². The Kier molecular flexibility index (Phi) is 5.97. The van der Waals surface area contributed by atoms with E-state index in [0.717, 1.165) is 28.8 Å². The van der Waals surface area contributed by atoms with Crippen molar-refractivity contribution in [3.63, 3.8) is 0 Å². The van der Waals surface area contributed by atoms with Gasteiger partial charge in [-0.15, -0.1) is 0 Å². The number of carbonyl (C=O) groups excluding carboxylic acids is 1. The Hall–Kier alpha value is -3.08. The molecule has 2 aromatic heterocycles. The number of hydrogen-bond acceptors (Lipinski definition) is 6. The summed E-state index contributed by atoms with van der Waals surface area (Å²) in [4.78, 5) is 17.8. The molecule has 1 amide bonds. The molecule has 1 aliphatic rings. The molecule has 5 rings (SSSR count). The lowest BCUT2D eigenvalue weighted by Gasteiger charge is -2.30. The Labute approximate surface area is 202 Å². The van der Waals surface area contributed by atoms with Crippen LogP contribution in [0, 0.1) is 12.8 Å². The number of para-hydroxylation sites is 1. The number of aryl methyl sites for hydroxylation is 1. The van der Waals surface area contributed by atoms with Crippen LogP contribution in [-0.2, 0) is 10.0 Å². The number of carbonyl (C=O) groups is 1. The largest absolute Gasteiger partial charge is 0.306 e. The van der Waals surface area contributed by atoms with Crippen LogP contribution >= 0.6 is 11.3 Å². The van der Waals surface area contributed by atoms with Gasteiger partial charge in [0.25, 0.3) is 5.91 Å². The minimum Gasteiger partial charge on any atom is -0.306 e. The third kappa shape index (κ3) is 4.36. The Morgan fingerprint density at radius 1 is 1.15 bits per heavy atom. The fourth-order valence-electron chi connectivity index (χ4n) is 4.17. The van der Waals surface area contributed by atoms with Gasteiger partial charge < -0.3 is 5.32 Å². The van der Waals surface area contributed by atoms with Gasteiger partial charge in [-0.1, -0.05) is 30.4 Å². The highest BCUT2D eigenvalue weighted by molar-refractivity contribution is 7.89. The van der Waals surface area contributed by atoms with Crippen molar-refractivity contribution in [2.24, 2.45) is 5.92 Å². The molecule has 0 bridgehead atoms. The van der Waals surface area contributed by atoms with E-state index in [4.69, 9.17) is 0 Å². The van der Waals surface area contributed by atoms with Crippen molar-refractivity contribution in [3.05, 3.63) is 65.9 Å². The highest BCUT2D eigenvalue weighted by Crippen LogP contribution is 2.28. The summed E-state index contributed by atoms with van der Waals surface area (Å²) in [6.45, 7) is 4.97. The number of sulfonamides is 1. The van der Waals surface area contributed by atoms with Crippen LogP contribution in [0.3, 0.4) is 0 Å². The molecule has 34 heavy (non-hydrogen) atoms. The molecule has 0 aliphatic carbocycles. The van der Waals surface area contributed by atoms with Crippen molar-refractivity contribution in [2.45, 2.75) is 31.6 Å². The fraction of sp³-hybridized carbons (Fsp3) is 0.292. The number of rotatable bonds is 5. The molecule has 1 atom stereocenters. The molecule has 10 heteroatoms. The first kappa shape index (κ1) is 22.7. The molecule has 0 saturated carbocycles. The first-order valence-electron chi connectivity index (χ1n) is 11.2. The Morgan fingerprint density at radius 3 is 2.65 bits per heavy atom. The van der Waals surface area contributed by atoms with Gasteiger partial charge in [0.2, 0.25) is 15.2 Å². The number of nitrogens with one attached hydrogen (secondary N) is 1. The molecular formula is C24H25N5O3S2. The van der Waals surface area contributed by atoms with Gasteiger partial charge in [-0.3, -0.25) is 4.79 Å². The lowest BCUT2D eigenvalue weighted by atomic mass is 10.0. The van der Waals surface area contributed by atoms with E-state index in [2.05, 4.69) is 22.3 Å². The van der Waals surface area contributed by atoms with E-state index in [9.17, 15) is 13.2 Å². The third-order valence-corrected chi connectivity index (χ3v) is 8.80. The quantitative estimate of drug-likeness (QED) is 0.441. The second-order valence-electron chi connectivity index (χ2n) is 8.64. The van der Waals surface area contributed by atoms with Crippen molar-refractivity contribution in [1.82, 2.24) is 19.1 Å². The maximum atomic E-state index is 13.0. The summed E-state index contributed by atoms with van der Waals surface area (Å²) < 4.78 is 30.2. The van der Waals surface area contributed by atoms with Crippen LogP contribution in [0.2, 0.25) is 0 Å².